The normalized spacial score (nSPS) is 9.90. The maximum absolute atomic E-state index is 5.24. The van der Waals surface area contributed by atoms with Gasteiger partial charge in [0.1, 0.15) is 0 Å². The predicted molar refractivity (Wildman–Crippen MR) is 34.9 cm³/mol. The van der Waals surface area contributed by atoms with Gasteiger partial charge in [-0.25, -0.2) is 0 Å². The van der Waals surface area contributed by atoms with Crippen molar-refractivity contribution < 1.29 is 29.0 Å². The molecule has 0 atom stereocenters. The minimum atomic E-state index is -1.99. The van der Waals surface area contributed by atoms with Gasteiger partial charge in [0.15, 0.2) is 0 Å². The summed E-state index contributed by atoms with van der Waals surface area (Å²) in [6.45, 7) is 7.92. The van der Waals surface area contributed by atoms with Crippen LogP contribution in [0.5, 0.6) is 0 Å². The van der Waals surface area contributed by atoms with Crippen LogP contribution < -0.4 is 0 Å². The quantitative estimate of drug-likeness (QED) is 0.583. The summed E-state index contributed by atoms with van der Waals surface area (Å²) in [5.74, 6) is 0. The van der Waals surface area contributed by atoms with Gasteiger partial charge in [0.25, 0.3) is 0 Å². The third kappa shape index (κ3) is 5.38. The Hall–Kier alpha value is 0.594. The van der Waals surface area contributed by atoms with E-state index in [4.69, 9.17) is 9.96 Å². The van der Waals surface area contributed by atoms with Crippen LogP contribution in [0.2, 0.25) is 0 Å². The van der Waals surface area contributed by atoms with E-state index in [1.54, 1.807) is 0 Å². The molecule has 0 saturated heterocycles. The van der Waals surface area contributed by atoms with E-state index in [1.165, 1.54) is 0 Å². The minimum absolute atomic E-state index is 0.690. The van der Waals surface area contributed by atoms with Crippen molar-refractivity contribution in [2.75, 3.05) is 19.8 Å². The molecule has 0 aromatic heterocycles. The van der Waals surface area contributed by atoms with Crippen LogP contribution in [-0.4, -0.2) is 19.8 Å². The maximum atomic E-state index is 5.24. The first-order valence-electron chi connectivity index (χ1n) is 3.60. The van der Waals surface area contributed by atoms with Crippen molar-refractivity contribution in [3.8, 4) is 0 Å². The molecule has 0 aliphatic heterocycles. The first-order chi connectivity index (χ1) is 4.85. The number of hydrogen-bond acceptors (Lipinski definition) is 3. The monoisotopic (exact) mass is 183 g/mol. The third-order valence-electron chi connectivity index (χ3n) is 0.787. The molecule has 0 N–H and O–H groups in total. The first kappa shape index (κ1) is 10.6. The van der Waals surface area contributed by atoms with Gasteiger partial charge in [-0.2, -0.15) is 0 Å². The van der Waals surface area contributed by atoms with Crippen molar-refractivity contribution in [2.45, 2.75) is 20.8 Å². The summed E-state index contributed by atoms with van der Waals surface area (Å²) in [5, 5.41) is 0. The molecule has 10 heavy (non-hydrogen) atoms. The Bertz CT molecular complexity index is 55.7. The van der Waals surface area contributed by atoms with Crippen molar-refractivity contribution in [2.24, 2.45) is 0 Å². The fourth-order valence-electron chi connectivity index (χ4n) is 0.479. The molecule has 0 rings (SSSR count). The molecule has 0 heterocycles. The molecule has 4 heteroatoms. The van der Waals surface area contributed by atoms with E-state index in [9.17, 15) is 0 Å². The van der Waals surface area contributed by atoms with Crippen LogP contribution in [0, 0.1) is 0 Å². The van der Waals surface area contributed by atoms with Crippen LogP contribution in [-0.2, 0) is 29.0 Å². The molecule has 0 spiro atoms. The second-order valence-electron chi connectivity index (χ2n) is 1.55. The summed E-state index contributed by atoms with van der Waals surface area (Å²) in [5.41, 5.74) is 0. The van der Waals surface area contributed by atoms with Crippen LogP contribution >= 0.6 is 0 Å². The van der Waals surface area contributed by atoms with Gasteiger partial charge in [0, 0.05) is 0 Å². The van der Waals surface area contributed by atoms with Crippen LogP contribution in [0.1, 0.15) is 20.8 Å². The van der Waals surface area contributed by atoms with Gasteiger partial charge in [-0.3, -0.25) is 0 Å². The topological polar surface area (TPSA) is 27.7 Å². The second-order valence-corrected chi connectivity index (χ2v) is 3.68. The summed E-state index contributed by atoms with van der Waals surface area (Å²) >= 11 is -1.99. The molecule has 0 fully saturated rings. The first-order valence-corrected chi connectivity index (χ1v) is 5.51. The molecule has 0 aromatic rings. The van der Waals surface area contributed by atoms with E-state index in [2.05, 4.69) is 0 Å². The van der Waals surface area contributed by atoms with Gasteiger partial charge in [-0.05, 0) is 0 Å². The molecule has 0 aromatic carbocycles. The Morgan fingerprint density at radius 2 is 1.10 bits per heavy atom. The van der Waals surface area contributed by atoms with Crippen LogP contribution in [0.4, 0.5) is 0 Å². The average Bonchev–Trinajstić information content (AvgIpc) is 1.90. The molecule has 0 unspecified atom stereocenters. The summed E-state index contributed by atoms with van der Waals surface area (Å²) in [6, 6.07) is 0. The van der Waals surface area contributed by atoms with E-state index in [0.717, 1.165) is 0 Å². The van der Waals surface area contributed by atoms with Crippen LogP contribution in [0.3, 0.4) is 0 Å². The average molecular weight is 183 g/mol. The SMILES string of the molecule is CC[O][Ti]([O]CC)[O]CC. The molecule has 0 aliphatic carbocycles. The Kier molecular flexibility index (Phi) is 8.16. The van der Waals surface area contributed by atoms with Crippen LogP contribution in [0.15, 0.2) is 0 Å². The molecule has 0 amide bonds. The Balaban J connectivity index is 3.30. The van der Waals surface area contributed by atoms with Crippen molar-refractivity contribution in [3.63, 3.8) is 0 Å². The molecular formula is C6H15O3Ti. The standard InChI is InChI=1S/3C2H5O.Ti/c3*1-2-3;/h3*2H2,1H3;/q3*-1;+3. The molecule has 0 radical (unpaired) electrons. The van der Waals surface area contributed by atoms with Gasteiger partial charge in [-0.15, -0.1) is 0 Å². The van der Waals surface area contributed by atoms with Gasteiger partial charge in [0.2, 0.25) is 0 Å². The third-order valence-corrected chi connectivity index (χ3v) is 3.24. The van der Waals surface area contributed by atoms with E-state index in [1.807, 2.05) is 20.8 Å². The zero-order chi connectivity index (χ0) is 7.82. The van der Waals surface area contributed by atoms with Gasteiger partial charge < -0.3 is 0 Å². The molecule has 0 bridgehead atoms. The summed E-state index contributed by atoms with van der Waals surface area (Å²) in [6.07, 6.45) is 0. The Morgan fingerprint density at radius 1 is 0.800 bits per heavy atom. The fraction of sp³-hybridized carbons (Fsp3) is 1.00. The van der Waals surface area contributed by atoms with E-state index in [0.29, 0.717) is 19.8 Å². The number of hydrogen-bond donors (Lipinski definition) is 0. The Labute approximate surface area is 69.9 Å². The van der Waals surface area contributed by atoms with E-state index < -0.39 is 19.0 Å². The van der Waals surface area contributed by atoms with Crippen LogP contribution in [0.25, 0.3) is 0 Å². The molecule has 61 valence electrons. The summed E-state index contributed by atoms with van der Waals surface area (Å²) in [4.78, 5) is 0. The predicted octanol–water partition coefficient (Wildman–Crippen LogP) is 1.46. The summed E-state index contributed by atoms with van der Waals surface area (Å²) < 4.78 is 15.7. The van der Waals surface area contributed by atoms with Gasteiger partial charge >= 0.3 is 69.6 Å². The zero-order valence-corrected chi connectivity index (χ0v) is 8.41. The molecule has 0 saturated carbocycles. The second kappa shape index (κ2) is 7.70. The van der Waals surface area contributed by atoms with Gasteiger partial charge in [0.05, 0.1) is 0 Å². The fourth-order valence-corrected chi connectivity index (χ4v) is 1.97. The van der Waals surface area contributed by atoms with Crippen molar-refractivity contribution in [1.82, 2.24) is 0 Å². The van der Waals surface area contributed by atoms with Crippen molar-refractivity contribution in [3.05, 3.63) is 0 Å². The molecular weight excluding hydrogens is 168 g/mol. The molecule has 0 aliphatic rings. The van der Waals surface area contributed by atoms with Crippen molar-refractivity contribution >= 4 is 0 Å². The van der Waals surface area contributed by atoms with E-state index in [-0.39, 0.29) is 0 Å². The van der Waals surface area contributed by atoms with Gasteiger partial charge in [-0.1, -0.05) is 0 Å². The number of rotatable bonds is 6. The van der Waals surface area contributed by atoms with E-state index >= 15 is 0 Å². The van der Waals surface area contributed by atoms with Crippen molar-refractivity contribution in [1.29, 1.82) is 0 Å². The summed E-state index contributed by atoms with van der Waals surface area (Å²) in [7, 11) is 0. The Morgan fingerprint density at radius 3 is 1.30 bits per heavy atom. The zero-order valence-electron chi connectivity index (χ0n) is 6.85. The molecule has 3 nitrogen and oxygen atoms in total.